The van der Waals surface area contributed by atoms with Crippen LogP contribution in [0.4, 0.5) is 13.2 Å². The third-order valence-corrected chi connectivity index (χ3v) is 3.78. The number of hydrogen-bond acceptors (Lipinski definition) is 3. The van der Waals surface area contributed by atoms with Crippen molar-refractivity contribution in [1.29, 1.82) is 5.26 Å². The highest BCUT2D eigenvalue weighted by Gasteiger charge is 2.47. The van der Waals surface area contributed by atoms with Crippen LogP contribution in [-0.4, -0.2) is 29.6 Å². The summed E-state index contributed by atoms with van der Waals surface area (Å²) in [6.07, 6.45) is -3.90. The lowest BCUT2D eigenvalue weighted by Gasteiger charge is -2.33. The fourth-order valence-corrected chi connectivity index (χ4v) is 2.48. The maximum atomic E-state index is 13.5. The van der Waals surface area contributed by atoms with Gasteiger partial charge in [-0.2, -0.15) is 18.4 Å². The average molecular weight is 392 g/mol. The molecular weight excluding hydrogens is 375 g/mol. The zero-order valence-electron chi connectivity index (χ0n) is 12.5. The van der Waals surface area contributed by atoms with Crippen LogP contribution in [0, 0.1) is 11.3 Å². The number of carbonyl (C=O) groups is 1. The number of amides is 1. The van der Waals surface area contributed by atoms with Crippen LogP contribution in [0.3, 0.4) is 0 Å². The minimum Gasteiger partial charge on any atom is -0.320 e. The fourth-order valence-electron chi connectivity index (χ4n) is 2.21. The molecule has 0 aliphatic rings. The Morgan fingerprint density at radius 3 is 2.39 bits per heavy atom. The van der Waals surface area contributed by atoms with Gasteiger partial charge in [-0.1, -0.05) is 41.4 Å². The number of nitrogens with zero attached hydrogens (tertiary/aromatic N) is 2. The van der Waals surface area contributed by atoms with Gasteiger partial charge in [-0.3, -0.25) is 4.79 Å². The number of benzene rings is 1. The highest BCUT2D eigenvalue weighted by Crippen LogP contribution is 2.38. The molecule has 23 heavy (non-hydrogen) atoms. The SMILES string of the molecule is CCC[C@H](N)C(=O)N(CC#N)C(c1ccc(Br)cc1)C(F)(F)F. The second-order valence-electron chi connectivity index (χ2n) is 5.02. The van der Waals surface area contributed by atoms with Crippen molar-refractivity contribution in [2.75, 3.05) is 6.54 Å². The van der Waals surface area contributed by atoms with Gasteiger partial charge in [0.15, 0.2) is 6.04 Å². The van der Waals surface area contributed by atoms with Crippen molar-refractivity contribution in [1.82, 2.24) is 4.90 Å². The molecule has 126 valence electrons. The second kappa shape index (κ2) is 8.31. The first-order chi connectivity index (χ1) is 10.7. The molecule has 8 heteroatoms. The van der Waals surface area contributed by atoms with E-state index in [0.717, 1.165) is 0 Å². The molecule has 1 aromatic carbocycles. The summed E-state index contributed by atoms with van der Waals surface area (Å²) >= 11 is 3.15. The first-order valence-electron chi connectivity index (χ1n) is 6.97. The minimum atomic E-state index is -4.72. The highest BCUT2D eigenvalue weighted by molar-refractivity contribution is 9.10. The van der Waals surface area contributed by atoms with Crippen molar-refractivity contribution in [3.05, 3.63) is 34.3 Å². The second-order valence-corrected chi connectivity index (χ2v) is 5.93. The van der Waals surface area contributed by atoms with Crippen LogP contribution in [-0.2, 0) is 4.79 Å². The van der Waals surface area contributed by atoms with Gasteiger partial charge in [-0.25, -0.2) is 0 Å². The lowest BCUT2D eigenvalue weighted by atomic mass is 10.0. The molecule has 0 heterocycles. The Hall–Kier alpha value is -1.59. The molecule has 2 N–H and O–H groups in total. The van der Waals surface area contributed by atoms with Gasteiger partial charge in [-0.05, 0) is 24.1 Å². The predicted molar refractivity (Wildman–Crippen MR) is 83.1 cm³/mol. The number of nitriles is 1. The van der Waals surface area contributed by atoms with E-state index in [9.17, 15) is 18.0 Å². The van der Waals surface area contributed by atoms with Crippen LogP contribution < -0.4 is 5.73 Å². The first kappa shape index (κ1) is 19.5. The van der Waals surface area contributed by atoms with E-state index in [1.165, 1.54) is 24.3 Å². The summed E-state index contributed by atoms with van der Waals surface area (Å²) in [4.78, 5) is 12.8. The molecule has 0 radical (unpaired) electrons. The summed E-state index contributed by atoms with van der Waals surface area (Å²) < 4.78 is 41.2. The molecule has 4 nitrogen and oxygen atoms in total. The normalized spacial score (nSPS) is 14.0. The van der Waals surface area contributed by atoms with Gasteiger partial charge in [0.2, 0.25) is 5.91 Å². The Morgan fingerprint density at radius 2 is 1.96 bits per heavy atom. The van der Waals surface area contributed by atoms with Gasteiger partial charge < -0.3 is 10.6 Å². The Morgan fingerprint density at radius 1 is 1.39 bits per heavy atom. The smallest absolute Gasteiger partial charge is 0.320 e. The maximum absolute atomic E-state index is 13.5. The number of rotatable bonds is 6. The molecule has 1 aromatic rings. The summed E-state index contributed by atoms with van der Waals surface area (Å²) in [5, 5.41) is 8.84. The van der Waals surface area contributed by atoms with Gasteiger partial charge >= 0.3 is 6.18 Å². The van der Waals surface area contributed by atoms with Crippen molar-refractivity contribution in [2.45, 2.75) is 38.0 Å². The van der Waals surface area contributed by atoms with Crippen LogP contribution in [0.5, 0.6) is 0 Å². The fraction of sp³-hybridized carbons (Fsp3) is 0.467. The minimum absolute atomic E-state index is 0.118. The molecule has 0 spiro atoms. The molecule has 1 unspecified atom stereocenters. The average Bonchev–Trinajstić information content (AvgIpc) is 2.47. The van der Waals surface area contributed by atoms with E-state index in [-0.39, 0.29) is 12.0 Å². The molecule has 1 rings (SSSR count). The van der Waals surface area contributed by atoms with Crippen molar-refractivity contribution in [3.8, 4) is 6.07 Å². The summed E-state index contributed by atoms with van der Waals surface area (Å²) in [6.45, 7) is 1.09. The third-order valence-electron chi connectivity index (χ3n) is 3.25. The maximum Gasteiger partial charge on any atom is 0.413 e. The number of halogens is 4. The number of carbonyl (C=O) groups excluding carboxylic acids is 1. The standard InChI is InChI=1S/C15H17BrF3N3O/c1-2-3-12(21)14(23)22(9-8-20)13(15(17,18)19)10-4-6-11(16)7-5-10/h4-7,12-13H,2-3,9,21H2,1H3/t12-,13?/m0/s1. The number of hydrogen-bond donors (Lipinski definition) is 1. The molecule has 0 saturated carbocycles. The van der Waals surface area contributed by atoms with E-state index in [1.807, 2.05) is 0 Å². The van der Waals surface area contributed by atoms with Crippen LogP contribution in [0.2, 0.25) is 0 Å². The zero-order valence-corrected chi connectivity index (χ0v) is 14.1. The predicted octanol–water partition coefficient (Wildman–Crippen LogP) is 3.53. The van der Waals surface area contributed by atoms with Crippen molar-refractivity contribution >= 4 is 21.8 Å². The lowest BCUT2D eigenvalue weighted by molar-refractivity contribution is -0.191. The van der Waals surface area contributed by atoms with Gasteiger partial charge in [0.05, 0.1) is 12.1 Å². The summed E-state index contributed by atoms with van der Waals surface area (Å²) in [5.74, 6) is -0.876. The first-order valence-corrected chi connectivity index (χ1v) is 7.76. The summed E-state index contributed by atoms with van der Waals surface area (Å²) in [6, 6.07) is 3.80. The van der Waals surface area contributed by atoms with Crippen LogP contribution in [0.1, 0.15) is 31.4 Å². The van der Waals surface area contributed by atoms with Crippen LogP contribution in [0.15, 0.2) is 28.7 Å². The summed E-state index contributed by atoms with van der Waals surface area (Å²) in [7, 11) is 0. The zero-order chi connectivity index (χ0) is 17.6. The van der Waals surface area contributed by atoms with Gasteiger partial charge in [0, 0.05) is 4.47 Å². The molecule has 1 amide bonds. The number of nitrogens with two attached hydrogens (primary N) is 1. The van der Waals surface area contributed by atoms with E-state index in [4.69, 9.17) is 11.0 Å². The summed E-state index contributed by atoms with van der Waals surface area (Å²) in [5.41, 5.74) is 5.55. The molecule has 0 saturated heterocycles. The van der Waals surface area contributed by atoms with Crippen molar-refractivity contribution < 1.29 is 18.0 Å². The number of alkyl halides is 3. The van der Waals surface area contributed by atoms with Crippen molar-refractivity contribution in [2.24, 2.45) is 5.73 Å². The Kier molecular flexibility index (Phi) is 7.03. The van der Waals surface area contributed by atoms with Gasteiger partial charge in [0.1, 0.15) is 6.54 Å². The molecular formula is C15H17BrF3N3O. The quantitative estimate of drug-likeness (QED) is 0.753. The topological polar surface area (TPSA) is 70.1 Å². The van der Waals surface area contributed by atoms with Gasteiger partial charge in [-0.15, -0.1) is 0 Å². The van der Waals surface area contributed by atoms with E-state index in [1.54, 1.807) is 13.0 Å². The Bertz CT molecular complexity index is 569. The third kappa shape index (κ3) is 5.22. The molecule has 0 aliphatic heterocycles. The molecule has 0 aromatic heterocycles. The molecule has 0 bridgehead atoms. The molecule has 0 fully saturated rings. The van der Waals surface area contributed by atoms with E-state index >= 15 is 0 Å². The van der Waals surface area contributed by atoms with Crippen LogP contribution in [0.25, 0.3) is 0 Å². The van der Waals surface area contributed by atoms with E-state index in [0.29, 0.717) is 15.8 Å². The highest BCUT2D eigenvalue weighted by atomic mass is 79.9. The monoisotopic (exact) mass is 391 g/mol. The van der Waals surface area contributed by atoms with Gasteiger partial charge in [0.25, 0.3) is 0 Å². The van der Waals surface area contributed by atoms with E-state index < -0.39 is 30.7 Å². The van der Waals surface area contributed by atoms with E-state index in [2.05, 4.69) is 15.9 Å². The molecule has 0 aliphatic carbocycles. The molecule has 2 atom stereocenters. The lowest BCUT2D eigenvalue weighted by Crippen LogP contribution is -2.49. The Balaban J connectivity index is 3.27. The van der Waals surface area contributed by atoms with Crippen molar-refractivity contribution in [3.63, 3.8) is 0 Å². The Labute approximate surface area is 141 Å². The van der Waals surface area contributed by atoms with Crippen LogP contribution >= 0.6 is 15.9 Å². The largest absolute Gasteiger partial charge is 0.413 e.